The standard InChI is InChI=1S/C57H64Cl2O20/c1-11-68-44-19-13-38(14-20-44)25-40-27-42(17-23-46(40)58)56(67-10)54(76-36(8)65)52(74-34(6)63)51(73-33(5)62)49(78-56)30-71-57(43-18-24-47(59)41(28-43)26-39-15-21-45(22-16-39)69-12-2)55(77-37(9)66)53(75-35(7)64)50(72-32(4)61)48(79-57)29-70-31(3)60/h13-24,27-28,48-55H,11-12,25-26,29-30H2,1-10H3/t48-,49-,50-,51-,52+,53+,54-,55-,56+,57+/m1/s1. The molecule has 2 heterocycles. The van der Waals surface area contributed by atoms with Gasteiger partial charge in [0.25, 0.3) is 0 Å². The Bertz CT molecular complexity index is 2820. The molecule has 2 saturated heterocycles. The van der Waals surface area contributed by atoms with Crippen LogP contribution >= 0.6 is 23.2 Å². The maximum atomic E-state index is 13.5. The van der Waals surface area contributed by atoms with Gasteiger partial charge in [0.1, 0.15) is 30.3 Å². The predicted molar refractivity (Wildman–Crippen MR) is 280 cm³/mol. The molecule has 6 rings (SSSR count). The van der Waals surface area contributed by atoms with Gasteiger partial charge < -0.3 is 61.6 Å². The van der Waals surface area contributed by atoms with Crippen LogP contribution in [-0.2, 0) is 110 Å². The van der Waals surface area contributed by atoms with E-state index < -0.39 is 115 Å². The molecule has 2 aliphatic heterocycles. The van der Waals surface area contributed by atoms with E-state index in [0.717, 1.165) is 59.6 Å². The van der Waals surface area contributed by atoms with Gasteiger partial charge in [-0.05, 0) is 97.5 Å². The Morgan fingerprint density at radius 2 is 0.835 bits per heavy atom. The Labute approximate surface area is 467 Å². The molecular weight excluding hydrogens is 1080 g/mol. The van der Waals surface area contributed by atoms with Crippen molar-refractivity contribution in [3.8, 4) is 11.5 Å². The van der Waals surface area contributed by atoms with E-state index in [1.807, 2.05) is 50.2 Å². The van der Waals surface area contributed by atoms with Crippen LogP contribution in [0, 0.1) is 0 Å². The lowest BCUT2D eigenvalue weighted by molar-refractivity contribution is -0.400. The number of esters is 7. The number of hydrogen-bond acceptors (Lipinski definition) is 20. The fraction of sp³-hybridized carbons (Fsp3) is 0.456. The third-order valence-electron chi connectivity index (χ3n) is 12.5. The number of hydrogen-bond donors (Lipinski definition) is 0. The van der Waals surface area contributed by atoms with E-state index in [0.29, 0.717) is 40.9 Å². The van der Waals surface area contributed by atoms with Crippen LogP contribution in [0.1, 0.15) is 95.7 Å². The van der Waals surface area contributed by atoms with Crippen molar-refractivity contribution in [1.82, 2.24) is 0 Å². The molecule has 0 saturated carbocycles. The largest absolute Gasteiger partial charge is 0.494 e. The van der Waals surface area contributed by atoms with Crippen molar-refractivity contribution < 1.29 is 95.1 Å². The SMILES string of the molecule is CCOc1ccc(Cc2cc([C@]3(OC)O[C@H](CO[C@@]4(c5ccc(Cl)c(Cc6ccc(OCC)cc6)c5)O[C@H](COC(C)=O)[C@@H](OC(C)=O)[C@H](OC(C)=O)[C@H]4OC(C)=O)[C@@H](OC(C)=O)[C@H](OC(C)=O)[C@H]3OC(C)=O)ccc2Cl)cc1. The summed E-state index contributed by atoms with van der Waals surface area (Å²) in [6, 6.07) is 23.9. The van der Waals surface area contributed by atoms with Crippen LogP contribution in [0.3, 0.4) is 0 Å². The lowest BCUT2D eigenvalue weighted by atomic mass is 9.85. The second-order valence-corrected chi connectivity index (χ2v) is 19.3. The first kappa shape index (κ1) is 61.4. The topological polar surface area (TPSA) is 239 Å². The van der Waals surface area contributed by atoms with Crippen molar-refractivity contribution >= 4 is 65.0 Å². The molecule has 426 valence electrons. The van der Waals surface area contributed by atoms with Gasteiger partial charge in [-0.15, -0.1) is 0 Å². The van der Waals surface area contributed by atoms with Crippen molar-refractivity contribution in [3.63, 3.8) is 0 Å². The second-order valence-electron chi connectivity index (χ2n) is 18.4. The molecule has 0 unspecified atom stereocenters. The molecule has 20 nitrogen and oxygen atoms in total. The van der Waals surface area contributed by atoms with Crippen molar-refractivity contribution in [1.29, 1.82) is 0 Å². The monoisotopic (exact) mass is 1140 g/mol. The molecule has 4 aromatic rings. The smallest absolute Gasteiger partial charge is 0.303 e. The fourth-order valence-electron chi connectivity index (χ4n) is 9.52. The van der Waals surface area contributed by atoms with Crippen LogP contribution in [0.2, 0.25) is 10.0 Å². The number of carbonyl (C=O) groups is 7. The molecule has 0 aromatic heterocycles. The lowest BCUT2D eigenvalue weighted by Crippen LogP contribution is -2.69. The molecule has 0 spiro atoms. The molecular formula is C57H64Cl2O20. The van der Waals surface area contributed by atoms with Crippen LogP contribution in [-0.4, -0.2) is 124 Å². The van der Waals surface area contributed by atoms with Crippen molar-refractivity contribution in [2.75, 3.05) is 33.5 Å². The van der Waals surface area contributed by atoms with Crippen LogP contribution in [0.15, 0.2) is 84.9 Å². The van der Waals surface area contributed by atoms with Gasteiger partial charge in [0.2, 0.25) is 23.8 Å². The highest BCUT2D eigenvalue weighted by molar-refractivity contribution is 6.31. The van der Waals surface area contributed by atoms with Crippen LogP contribution < -0.4 is 9.47 Å². The molecule has 2 fully saturated rings. The molecule has 2 aliphatic rings. The minimum absolute atomic E-state index is 0.0409. The first-order valence-corrected chi connectivity index (χ1v) is 26.0. The maximum Gasteiger partial charge on any atom is 0.303 e. The van der Waals surface area contributed by atoms with Crippen LogP contribution in [0.4, 0.5) is 0 Å². The van der Waals surface area contributed by atoms with E-state index in [-0.39, 0.29) is 29.0 Å². The minimum Gasteiger partial charge on any atom is -0.494 e. The van der Waals surface area contributed by atoms with Crippen molar-refractivity contribution in [2.24, 2.45) is 0 Å². The van der Waals surface area contributed by atoms with Gasteiger partial charge in [0.15, 0.2) is 24.4 Å². The van der Waals surface area contributed by atoms with Gasteiger partial charge in [-0.2, -0.15) is 0 Å². The highest BCUT2D eigenvalue weighted by Crippen LogP contribution is 2.48. The summed E-state index contributed by atoms with van der Waals surface area (Å²) in [5, 5.41) is 0.591. The summed E-state index contributed by atoms with van der Waals surface area (Å²) in [6.45, 7) is 10.7. The number of rotatable bonds is 22. The summed E-state index contributed by atoms with van der Waals surface area (Å²) in [5.41, 5.74) is 2.83. The first-order chi connectivity index (χ1) is 37.5. The summed E-state index contributed by atoms with van der Waals surface area (Å²) >= 11 is 13.8. The molecule has 10 atom stereocenters. The minimum atomic E-state index is -2.54. The average Bonchev–Trinajstić information content (AvgIpc) is 3.40. The van der Waals surface area contributed by atoms with Crippen LogP contribution in [0.25, 0.3) is 0 Å². The van der Waals surface area contributed by atoms with E-state index in [1.165, 1.54) is 19.2 Å². The molecule has 0 radical (unpaired) electrons. The van der Waals surface area contributed by atoms with E-state index >= 15 is 0 Å². The lowest BCUT2D eigenvalue weighted by Gasteiger charge is -2.53. The number of halogens is 2. The zero-order valence-electron chi connectivity index (χ0n) is 45.4. The second kappa shape index (κ2) is 27.4. The van der Waals surface area contributed by atoms with Gasteiger partial charge in [-0.25, -0.2) is 0 Å². The number of methoxy groups -OCH3 is 1. The molecule has 79 heavy (non-hydrogen) atoms. The Kier molecular flexibility index (Phi) is 21.3. The van der Waals surface area contributed by atoms with Gasteiger partial charge in [-0.3, -0.25) is 33.6 Å². The van der Waals surface area contributed by atoms with Gasteiger partial charge in [-0.1, -0.05) is 59.6 Å². The Balaban J connectivity index is 1.60. The zero-order chi connectivity index (χ0) is 57.8. The highest BCUT2D eigenvalue weighted by atomic mass is 35.5. The Morgan fingerprint density at radius 3 is 1.22 bits per heavy atom. The summed E-state index contributed by atoms with van der Waals surface area (Å²) in [6.07, 6.45) is -13.3. The summed E-state index contributed by atoms with van der Waals surface area (Å²) in [5.74, 6) is -9.81. The highest BCUT2D eigenvalue weighted by Gasteiger charge is 2.65. The van der Waals surface area contributed by atoms with Gasteiger partial charge in [0, 0.05) is 76.7 Å². The average molecular weight is 1140 g/mol. The zero-order valence-corrected chi connectivity index (χ0v) is 46.9. The Morgan fingerprint density at radius 1 is 0.468 bits per heavy atom. The predicted octanol–water partition coefficient (Wildman–Crippen LogP) is 7.59. The quantitative estimate of drug-likeness (QED) is 0.0544. The summed E-state index contributed by atoms with van der Waals surface area (Å²) in [7, 11) is 1.24. The van der Waals surface area contributed by atoms with Crippen LogP contribution in [0.5, 0.6) is 11.5 Å². The molecule has 4 aromatic carbocycles. The fourth-order valence-corrected chi connectivity index (χ4v) is 9.89. The van der Waals surface area contributed by atoms with E-state index in [4.69, 9.17) is 84.8 Å². The molecule has 0 bridgehead atoms. The molecule has 0 N–H and O–H groups in total. The number of carbonyl (C=O) groups excluding carboxylic acids is 7. The third kappa shape index (κ3) is 15.3. The van der Waals surface area contributed by atoms with Gasteiger partial charge >= 0.3 is 41.8 Å². The van der Waals surface area contributed by atoms with Crippen molar-refractivity contribution in [2.45, 2.75) is 136 Å². The first-order valence-electron chi connectivity index (χ1n) is 25.3. The van der Waals surface area contributed by atoms with Gasteiger partial charge in [0.05, 0.1) is 19.8 Å². The van der Waals surface area contributed by atoms with E-state index in [1.54, 1.807) is 36.4 Å². The van der Waals surface area contributed by atoms with E-state index in [2.05, 4.69) is 0 Å². The van der Waals surface area contributed by atoms with Crippen molar-refractivity contribution in [3.05, 3.63) is 128 Å². The normalized spacial score (nSPS) is 24.5. The molecule has 0 aliphatic carbocycles. The van der Waals surface area contributed by atoms with E-state index in [9.17, 15) is 33.6 Å². The molecule has 0 amide bonds. The third-order valence-corrected chi connectivity index (χ3v) is 13.3. The summed E-state index contributed by atoms with van der Waals surface area (Å²) in [4.78, 5) is 91.8. The summed E-state index contributed by atoms with van der Waals surface area (Å²) < 4.78 is 79.5. The number of ether oxygens (including phenoxy) is 13. The molecule has 22 heteroatoms. The maximum absolute atomic E-state index is 13.5. The Hall–Kier alpha value is -6.81. The number of benzene rings is 4.